The summed E-state index contributed by atoms with van der Waals surface area (Å²) < 4.78 is 5.92. The summed E-state index contributed by atoms with van der Waals surface area (Å²) in [5.74, 6) is -0.998. The molecular formula is C23H24N4O5S. The molecule has 4 rings (SSSR count). The number of ether oxygens (including phenoxy) is 1. The van der Waals surface area contributed by atoms with Crippen LogP contribution in [0.3, 0.4) is 0 Å². The van der Waals surface area contributed by atoms with Crippen molar-refractivity contribution in [2.45, 2.75) is 32.7 Å². The number of esters is 1. The van der Waals surface area contributed by atoms with E-state index >= 15 is 0 Å². The summed E-state index contributed by atoms with van der Waals surface area (Å²) in [6.45, 7) is 1.74. The van der Waals surface area contributed by atoms with Crippen LogP contribution in [0.15, 0.2) is 29.1 Å². The van der Waals surface area contributed by atoms with Crippen LogP contribution >= 0.6 is 11.3 Å². The van der Waals surface area contributed by atoms with Crippen molar-refractivity contribution in [1.82, 2.24) is 15.1 Å². The molecule has 1 unspecified atom stereocenters. The Bertz CT molecular complexity index is 1330. The molecule has 0 saturated carbocycles. The standard InChI is InChI=1S/C23H24N4O5S/c1-12-8-9-15-16(10-12)33-21(18(15)23(31)32-3)25-17(28)11-27-22(30)14-7-5-4-6-13(14)19(26-27)20(29)24-2/h4-7,12H,8-11H2,1-3H3,(H,24,29)(H,25,28). The Hall–Kier alpha value is -3.53. The van der Waals surface area contributed by atoms with Gasteiger partial charge in [-0.25, -0.2) is 9.48 Å². The molecule has 1 aliphatic rings. The van der Waals surface area contributed by atoms with E-state index in [-0.39, 0.29) is 11.1 Å². The minimum Gasteiger partial charge on any atom is -0.465 e. The molecule has 2 amide bonds. The van der Waals surface area contributed by atoms with Gasteiger partial charge in [0, 0.05) is 17.3 Å². The minimum absolute atomic E-state index is 0.0522. The van der Waals surface area contributed by atoms with Crippen LogP contribution in [0.2, 0.25) is 0 Å². The summed E-state index contributed by atoms with van der Waals surface area (Å²) in [5, 5.41) is 10.5. The fourth-order valence-corrected chi connectivity index (χ4v) is 5.50. The van der Waals surface area contributed by atoms with Gasteiger partial charge in [-0.2, -0.15) is 5.10 Å². The third-order valence-corrected chi connectivity index (χ3v) is 6.93. The highest BCUT2D eigenvalue weighted by Crippen LogP contribution is 2.40. The molecule has 2 aromatic heterocycles. The normalized spacial score (nSPS) is 15.1. The maximum atomic E-state index is 12.9. The van der Waals surface area contributed by atoms with Crippen molar-refractivity contribution < 1.29 is 19.1 Å². The van der Waals surface area contributed by atoms with E-state index in [4.69, 9.17) is 4.74 Å². The maximum Gasteiger partial charge on any atom is 0.341 e. The number of thiophene rings is 1. The number of hydrogen-bond acceptors (Lipinski definition) is 7. The van der Waals surface area contributed by atoms with E-state index in [1.54, 1.807) is 24.3 Å². The average Bonchev–Trinajstić information content (AvgIpc) is 3.16. The van der Waals surface area contributed by atoms with Crippen LogP contribution in [-0.4, -0.2) is 41.7 Å². The zero-order chi connectivity index (χ0) is 23.7. The van der Waals surface area contributed by atoms with Crippen LogP contribution in [0.1, 0.15) is 44.6 Å². The highest BCUT2D eigenvalue weighted by atomic mass is 32.1. The molecule has 1 aromatic carbocycles. The fourth-order valence-electron chi connectivity index (χ4n) is 4.09. The second-order valence-corrected chi connectivity index (χ2v) is 9.14. The molecule has 0 saturated heterocycles. The Morgan fingerprint density at radius 2 is 1.97 bits per heavy atom. The summed E-state index contributed by atoms with van der Waals surface area (Å²) in [6.07, 6.45) is 2.54. The molecule has 0 aliphatic heterocycles. The molecule has 3 aromatic rings. The molecule has 0 bridgehead atoms. The molecule has 1 aliphatic carbocycles. The van der Waals surface area contributed by atoms with E-state index in [1.165, 1.54) is 25.5 Å². The monoisotopic (exact) mass is 468 g/mol. The second-order valence-electron chi connectivity index (χ2n) is 8.03. The molecule has 172 valence electrons. The summed E-state index contributed by atoms with van der Waals surface area (Å²) >= 11 is 1.36. The third kappa shape index (κ3) is 4.25. The highest BCUT2D eigenvalue weighted by Gasteiger charge is 2.29. The maximum absolute atomic E-state index is 12.9. The number of benzene rings is 1. The van der Waals surface area contributed by atoms with Crippen LogP contribution in [0, 0.1) is 5.92 Å². The Balaban J connectivity index is 1.68. The van der Waals surface area contributed by atoms with E-state index in [1.807, 2.05) is 0 Å². The van der Waals surface area contributed by atoms with E-state index in [0.29, 0.717) is 21.9 Å². The van der Waals surface area contributed by atoms with Gasteiger partial charge >= 0.3 is 5.97 Å². The molecule has 0 radical (unpaired) electrons. The van der Waals surface area contributed by atoms with Gasteiger partial charge in [-0.15, -0.1) is 11.3 Å². The molecule has 1 atom stereocenters. The predicted molar refractivity (Wildman–Crippen MR) is 125 cm³/mol. The van der Waals surface area contributed by atoms with Gasteiger partial charge in [0.05, 0.1) is 18.1 Å². The number of carbonyl (C=O) groups is 3. The number of rotatable bonds is 5. The number of nitrogens with zero attached hydrogens (tertiary/aromatic N) is 2. The number of anilines is 1. The largest absolute Gasteiger partial charge is 0.465 e. The number of aromatic nitrogens is 2. The van der Waals surface area contributed by atoms with Gasteiger partial charge in [-0.05, 0) is 36.8 Å². The highest BCUT2D eigenvalue weighted by molar-refractivity contribution is 7.17. The Morgan fingerprint density at radius 3 is 2.67 bits per heavy atom. The van der Waals surface area contributed by atoms with E-state index in [0.717, 1.165) is 34.4 Å². The number of nitrogens with one attached hydrogen (secondary N) is 2. The van der Waals surface area contributed by atoms with Crippen molar-refractivity contribution in [3.8, 4) is 0 Å². The van der Waals surface area contributed by atoms with Crippen LogP contribution in [0.5, 0.6) is 0 Å². The molecule has 2 heterocycles. The van der Waals surface area contributed by atoms with Gasteiger partial charge in [-0.1, -0.05) is 25.1 Å². The van der Waals surface area contributed by atoms with E-state index < -0.39 is 29.9 Å². The first kappa shape index (κ1) is 22.7. The smallest absolute Gasteiger partial charge is 0.341 e. The molecule has 10 heteroatoms. The van der Waals surface area contributed by atoms with Gasteiger partial charge in [0.1, 0.15) is 11.5 Å². The lowest BCUT2D eigenvalue weighted by Gasteiger charge is -2.18. The lowest BCUT2D eigenvalue weighted by atomic mass is 9.88. The van der Waals surface area contributed by atoms with Crippen molar-refractivity contribution >= 4 is 44.9 Å². The van der Waals surface area contributed by atoms with Gasteiger partial charge in [0.15, 0.2) is 5.69 Å². The Morgan fingerprint density at radius 1 is 1.24 bits per heavy atom. The average molecular weight is 469 g/mol. The topological polar surface area (TPSA) is 119 Å². The van der Waals surface area contributed by atoms with Crippen LogP contribution in [-0.2, 0) is 28.9 Å². The Labute approximate surface area is 193 Å². The first-order valence-corrected chi connectivity index (χ1v) is 11.4. The summed E-state index contributed by atoms with van der Waals surface area (Å²) in [5.41, 5.74) is 0.864. The fraction of sp³-hybridized carbons (Fsp3) is 0.348. The van der Waals surface area contributed by atoms with Crippen LogP contribution in [0.4, 0.5) is 5.00 Å². The number of carbonyl (C=O) groups excluding carboxylic acids is 3. The lowest BCUT2D eigenvalue weighted by Crippen LogP contribution is -2.33. The summed E-state index contributed by atoms with van der Waals surface area (Å²) in [4.78, 5) is 51.7. The molecule has 33 heavy (non-hydrogen) atoms. The quantitative estimate of drug-likeness (QED) is 0.555. The van der Waals surface area contributed by atoms with Gasteiger partial charge in [0.2, 0.25) is 5.91 Å². The molecular weight excluding hydrogens is 444 g/mol. The van der Waals surface area contributed by atoms with E-state index in [9.17, 15) is 19.2 Å². The second kappa shape index (κ2) is 9.14. The van der Waals surface area contributed by atoms with Crippen molar-refractivity contribution in [2.75, 3.05) is 19.5 Å². The van der Waals surface area contributed by atoms with E-state index in [2.05, 4.69) is 22.7 Å². The van der Waals surface area contributed by atoms with Crippen LogP contribution < -0.4 is 16.2 Å². The van der Waals surface area contributed by atoms with Crippen molar-refractivity contribution in [1.29, 1.82) is 0 Å². The van der Waals surface area contributed by atoms with Crippen molar-refractivity contribution in [3.63, 3.8) is 0 Å². The van der Waals surface area contributed by atoms with Crippen LogP contribution in [0.25, 0.3) is 10.8 Å². The minimum atomic E-state index is -0.528. The first-order valence-electron chi connectivity index (χ1n) is 10.6. The summed E-state index contributed by atoms with van der Waals surface area (Å²) in [7, 11) is 2.77. The lowest BCUT2D eigenvalue weighted by molar-refractivity contribution is -0.117. The molecule has 0 spiro atoms. The van der Waals surface area contributed by atoms with Gasteiger partial charge in [0.25, 0.3) is 11.5 Å². The number of hydrogen-bond donors (Lipinski definition) is 2. The number of methoxy groups -OCH3 is 1. The SMILES string of the molecule is CNC(=O)c1nn(CC(=O)Nc2sc3c(c2C(=O)OC)CCC(C)C3)c(=O)c2ccccc12. The van der Waals surface area contributed by atoms with Crippen molar-refractivity contribution in [2.24, 2.45) is 5.92 Å². The zero-order valence-corrected chi connectivity index (χ0v) is 19.4. The Kier molecular flexibility index (Phi) is 6.28. The third-order valence-electron chi connectivity index (χ3n) is 5.76. The molecule has 2 N–H and O–H groups in total. The van der Waals surface area contributed by atoms with Gasteiger partial charge in [-0.3, -0.25) is 14.4 Å². The van der Waals surface area contributed by atoms with Crippen molar-refractivity contribution in [3.05, 3.63) is 56.3 Å². The summed E-state index contributed by atoms with van der Waals surface area (Å²) in [6, 6.07) is 6.62. The molecule has 0 fully saturated rings. The number of fused-ring (bicyclic) bond motifs is 2. The number of amides is 2. The zero-order valence-electron chi connectivity index (χ0n) is 18.6. The van der Waals surface area contributed by atoms with Gasteiger partial charge < -0.3 is 15.4 Å². The molecule has 9 nitrogen and oxygen atoms in total. The predicted octanol–water partition coefficient (Wildman–Crippen LogP) is 2.37. The first-order chi connectivity index (χ1) is 15.8.